The zero-order chi connectivity index (χ0) is 19.0. The number of rotatable bonds is 4. The van der Waals surface area contributed by atoms with Crippen molar-refractivity contribution in [1.29, 1.82) is 0 Å². The first-order valence-electron chi connectivity index (χ1n) is 9.09. The van der Waals surface area contributed by atoms with Gasteiger partial charge in [0.1, 0.15) is 17.2 Å². The minimum atomic E-state index is -0.184. The summed E-state index contributed by atoms with van der Waals surface area (Å²) in [5.74, 6) is 1.08. The first kappa shape index (κ1) is 17.5. The van der Waals surface area contributed by atoms with Crippen LogP contribution in [-0.2, 0) is 18.4 Å². The lowest BCUT2D eigenvalue weighted by Gasteiger charge is -2.11. The van der Waals surface area contributed by atoms with Gasteiger partial charge in [0.2, 0.25) is 5.91 Å². The van der Waals surface area contributed by atoms with Crippen LogP contribution in [-0.4, -0.2) is 33.4 Å². The van der Waals surface area contributed by atoms with Crippen molar-refractivity contribution in [1.82, 2.24) is 14.5 Å². The lowest BCUT2D eigenvalue weighted by molar-refractivity contribution is -0.114. The predicted octanol–water partition coefficient (Wildman–Crippen LogP) is 2.75. The number of hydrogen-bond acceptors (Lipinski definition) is 5. The molecule has 1 N–H and O–H groups in total. The van der Waals surface area contributed by atoms with Gasteiger partial charge in [0, 0.05) is 31.9 Å². The van der Waals surface area contributed by atoms with Gasteiger partial charge in [-0.05, 0) is 49.7 Å². The summed E-state index contributed by atoms with van der Waals surface area (Å²) in [4.78, 5) is 30.4. The maximum Gasteiger partial charge on any atom is 0.261 e. The molecule has 0 bridgehead atoms. The van der Waals surface area contributed by atoms with Gasteiger partial charge in [-0.1, -0.05) is 0 Å². The number of aryl methyl sites for hydroxylation is 1. The van der Waals surface area contributed by atoms with Gasteiger partial charge in [-0.25, -0.2) is 4.98 Å². The first-order valence-corrected chi connectivity index (χ1v) is 9.09. The summed E-state index contributed by atoms with van der Waals surface area (Å²) in [6, 6.07) is 5.48. The number of carbonyl (C=O) groups excluding carboxylic acids is 1. The van der Waals surface area contributed by atoms with Crippen molar-refractivity contribution in [2.45, 2.75) is 26.3 Å². The van der Waals surface area contributed by atoms with Gasteiger partial charge in [-0.3, -0.25) is 14.5 Å². The molecule has 3 aromatic heterocycles. The third-order valence-electron chi connectivity index (χ3n) is 4.85. The summed E-state index contributed by atoms with van der Waals surface area (Å²) >= 11 is 0. The van der Waals surface area contributed by atoms with Crippen LogP contribution >= 0.6 is 0 Å². The van der Waals surface area contributed by atoms with Gasteiger partial charge in [0.05, 0.1) is 11.9 Å². The molecule has 1 fully saturated rings. The van der Waals surface area contributed by atoms with Crippen molar-refractivity contribution < 1.29 is 9.21 Å². The lowest BCUT2D eigenvalue weighted by Crippen LogP contribution is -2.18. The number of pyridine rings is 2. The average molecular weight is 366 g/mol. The van der Waals surface area contributed by atoms with Crippen LogP contribution in [0.5, 0.6) is 0 Å². The van der Waals surface area contributed by atoms with E-state index in [-0.39, 0.29) is 11.5 Å². The number of amides is 1. The summed E-state index contributed by atoms with van der Waals surface area (Å²) in [6.45, 7) is 4.28. The van der Waals surface area contributed by atoms with E-state index in [0.29, 0.717) is 23.3 Å². The van der Waals surface area contributed by atoms with Gasteiger partial charge in [-0.2, -0.15) is 0 Å². The Kier molecular flexibility index (Phi) is 4.53. The van der Waals surface area contributed by atoms with E-state index in [1.807, 2.05) is 12.1 Å². The average Bonchev–Trinajstić information content (AvgIpc) is 3.28. The lowest BCUT2D eigenvalue weighted by atomic mass is 10.1. The van der Waals surface area contributed by atoms with Crippen LogP contribution in [0.3, 0.4) is 0 Å². The number of hydrogen-bond donors (Lipinski definition) is 1. The van der Waals surface area contributed by atoms with Crippen molar-refractivity contribution in [3.63, 3.8) is 0 Å². The van der Waals surface area contributed by atoms with E-state index >= 15 is 0 Å². The Balaban J connectivity index is 1.80. The highest BCUT2D eigenvalue weighted by atomic mass is 16.3. The molecule has 0 radical (unpaired) electrons. The highest BCUT2D eigenvalue weighted by molar-refractivity contribution is 5.93. The summed E-state index contributed by atoms with van der Waals surface area (Å²) in [6.07, 6.45) is 5.80. The fourth-order valence-electron chi connectivity index (χ4n) is 3.59. The molecule has 0 spiro atoms. The molecule has 1 amide bonds. The number of anilines is 1. The van der Waals surface area contributed by atoms with Crippen LogP contribution in [0, 0.1) is 0 Å². The van der Waals surface area contributed by atoms with E-state index in [2.05, 4.69) is 15.2 Å². The van der Waals surface area contributed by atoms with Crippen LogP contribution in [0.4, 0.5) is 5.82 Å². The zero-order valence-corrected chi connectivity index (χ0v) is 15.5. The van der Waals surface area contributed by atoms with E-state index in [9.17, 15) is 9.59 Å². The second-order valence-electron chi connectivity index (χ2n) is 7.01. The molecule has 140 valence electrons. The molecule has 0 atom stereocenters. The third kappa shape index (κ3) is 3.50. The smallest absolute Gasteiger partial charge is 0.261 e. The van der Waals surface area contributed by atoms with Crippen LogP contribution in [0.1, 0.15) is 25.5 Å². The van der Waals surface area contributed by atoms with E-state index in [1.54, 1.807) is 30.1 Å². The minimum absolute atomic E-state index is 0.0821. The third-order valence-corrected chi connectivity index (χ3v) is 4.85. The number of nitrogens with one attached hydrogen (secondary N) is 1. The summed E-state index contributed by atoms with van der Waals surface area (Å²) in [5.41, 5.74) is 2.12. The van der Waals surface area contributed by atoms with E-state index in [1.165, 1.54) is 19.8 Å². The molecule has 1 aliphatic heterocycles. The molecule has 7 heteroatoms. The number of furan rings is 1. The van der Waals surface area contributed by atoms with Gasteiger partial charge >= 0.3 is 0 Å². The van der Waals surface area contributed by atoms with Crippen molar-refractivity contribution in [3.05, 3.63) is 46.7 Å². The number of nitrogens with zero attached hydrogens (tertiary/aromatic N) is 3. The summed E-state index contributed by atoms with van der Waals surface area (Å²) in [7, 11) is 1.73. The van der Waals surface area contributed by atoms with Gasteiger partial charge in [-0.15, -0.1) is 0 Å². The Morgan fingerprint density at radius 3 is 2.81 bits per heavy atom. The summed E-state index contributed by atoms with van der Waals surface area (Å²) in [5, 5.41) is 3.26. The van der Waals surface area contributed by atoms with Crippen molar-refractivity contribution in [3.8, 4) is 11.1 Å². The number of aromatic nitrogens is 2. The SMILES string of the molecule is CC(=O)Nc1cc(-c2cn(C)c(=O)c3cc(CN4CCCC4)oc23)ccn1. The fourth-order valence-corrected chi connectivity index (χ4v) is 3.59. The molecule has 0 aliphatic carbocycles. The van der Waals surface area contributed by atoms with Gasteiger partial charge in [0.15, 0.2) is 0 Å². The van der Waals surface area contributed by atoms with E-state index < -0.39 is 0 Å². The fraction of sp³-hybridized carbons (Fsp3) is 0.350. The highest BCUT2D eigenvalue weighted by Gasteiger charge is 2.18. The van der Waals surface area contributed by atoms with Crippen LogP contribution in [0.2, 0.25) is 0 Å². The molecule has 0 aromatic carbocycles. The Labute approximate surface area is 156 Å². The van der Waals surface area contributed by atoms with Gasteiger partial charge in [0.25, 0.3) is 5.56 Å². The quantitative estimate of drug-likeness (QED) is 0.768. The second kappa shape index (κ2) is 7.00. The van der Waals surface area contributed by atoms with Crippen LogP contribution in [0.25, 0.3) is 22.1 Å². The van der Waals surface area contributed by atoms with Crippen LogP contribution < -0.4 is 10.9 Å². The molecule has 3 aromatic rings. The topological polar surface area (TPSA) is 80.4 Å². The molecule has 27 heavy (non-hydrogen) atoms. The second-order valence-corrected chi connectivity index (χ2v) is 7.01. The molecule has 0 unspecified atom stereocenters. The highest BCUT2D eigenvalue weighted by Crippen LogP contribution is 2.30. The number of carbonyl (C=O) groups is 1. The first-order chi connectivity index (χ1) is 13.0. The number of fused-ring (bicyclic) bond motifs is 1. The Bertz CT molecular complexity index is 1060. The molecular weight excluding hydrogens is 344 g/mol. The number of likely N-dealkylation sites (tertiary alicyclic amines) is 1. The molecule has 1 saturated heterocycles. The van der Waals surface area contributed by atoms with Gasteiger partial charge < -0.3 is 14.3 Å². The maximum absolute atomic E-state index is 12.6. The molecule has 1 aliphatic rings. The van der Waals surface area contributed by atoms with Crippen molar-refractivity contribution in [2.24, 2.45) is 7.05 Å². The largest absolute Gasteiger partial charge is 0.459 e. The molecule has 0 saturated carbocycles. The Morgan fingerprint density at radius 2 is 2.07 bits per heavy atom. The van der Waals surface area contributed by atoms with E-state index in [4.69, 9.17) is 4.42 Å². The monoisotopic (exact) mass is 366 g/mol. The molecule has 4 rings (SSSR count). The predicted molar refractivity (Wildman–Crippen MR) is 104 cm³/mol. The standard InChI is InChI=1S/C20H22N4O3/c1-13(25)22-18-9-14(5-6-21-18)17-12-23(2)20(26)16-10-15(27-19(16)17)11-24-7-3-4-8-24/h5-6,9-10,12H,3-4,7-8,11H2,1-2H3,(H,21,22,25). The minimum Gasteiger partial charge on any atom is -0.459 e. The zero-order valence-electron chi connectivity index (χ0n) is 15.5. The Hall–Kier alpha value is -2.93. The normalized spacial score (nSPS) is 14.7. The maximum atomic E-state index is 12.6. The molecular formula is C20H22N4O3. The molecule has 4 heterocycles. The van der Waals surface area contributed by atoms with Crippen LogP contribution in [0.15, 0.2) is 39.8 Å². The van der Waals surface area contributed by atoms with E-state index in [0.717, 1.165) is 30.0 Å². The summed E-state index contributed by atoms with van der Waals surface area (Å²) < 4.78 is 7.67. The molecule has 7 nitrogen and oxygen atoms in total. The van der Waals surface area contributed by atoms with Crippen molar-refractivity contribution >= 4 is 22.7 Å². The Morgan fingerprint density at radius 1 is 1.30 bits per heavy atom. The van der Waals surface area contributed by atoms with Crippen molar-refractivity contribution in [2.75, 3.05) is 18.4 Å².